The molecule has 3 fully saturated rings. The number of esters is 1. The lowest BCUT2D eigenvalue weighted by atomic mass is 9.51. The maximum Gasteiger partial charge on any atom is 0.308 e. The predicted molar refractivity (Wildman–Crippen MR) is 144 cm³/mol. The molecule has 0 unspecified atom stereocenters. The summed E-state index contributed by atoms with van der Waals surface area (Å²) in [5.41, 5.74) is 2.81. The molecule has 3 aliphatic carbocycles. The molecule has 2 aromatic rings. The van der Waals surface area contributed by atoms with Gasteiger partial charge in [0.1, 0.15) is 17.6 Å². The molecule has 7 rings (SSSR count). The number of likely N-dealkylation sites (N-methyl/N-ethyl adjacent to an activating group) is 1. The third kappa shape index (κ3) is 3.74. The number of rotatable bonds is 7. The maximum atomic E-state index is 13.7. The summed E-state index contributed by atoms with van der Waals surface area (Å²) in [6.45, 7) is 3.59. The van der Waals surface area contributed by atoms with Crippen molar-refractivity contribution < 1.29 is 22.7 Å². The quantitative estimate of drug-likeness (QED) is 0.395. The number of benzene rings is 2. The molecule has 2 bridgehead atoms. The van der Waals surface area contributed by atoms with Gasteiger partial charge in [0.2, 0.25) is 10.0 Å². The van der Waals surface area contributed by atoms with Gasteiger partial charge in [0.15, 0.2) is 0 Å². The van der Waals surface area contributed by atoms with E-state index in [0.29, 0.717) is 17.7 Å². The lowest BCUT2D eigenvalue weighted by molar-refractivity contribution is -0.132. The summed E-state index contributed by atoms with van der Waals surface area (Å²) in [6.07, 6.45) is 5.94. The minimum Gasteiger partial charge on any atom is -0.487 e. The first-order chi connectivity index (χ1) is 18.3. The van der Waals surface area contributed by atoms with Crippen molar-refractivity contribution in [3.8, 4) is 11.5 Å². The van der Waals surface area contributed by atoms with Gasteiger partial charge >= 0.3 is 5.97 Å². The van der Waals surface area contributed by atoms with Gasteiger partial charge in [-0.3, -0.25) is 9.69 Å². The average molecular weight is 537 g/mol. The van der Waals surface area contributed by atoms with E-state index >= 15 is 0 Å². The monoisotopic (exact) mass is 536 g/mol. The second kappa shape index (κ2) is 8.80. The molecule has 5 atom stereocenters. The summed E-state index contributed by atoms with van der Waals surface area (Å²) in [6, 6.07) is 13.3. The van der Waals surface area contributed by atoms with Crippen molar-refractivity contribution in [1.82, 2.24) is 9.21 Å². The van der Waals surface area contributed by atoms with Gasteiger partial charge in [0, 0.05) is 43.1 Å². The minimum absolute atomic E-state index is 0.0173. The molecule has 0 N–H and O–H groups in total. The van der Waals surface area contributed by atoms with Crippen LogP contribution in [-0.4, -0.2) is 61.9 Å². The number of piperidine rings is 1. The molecule has 1 spiro atoms. The number of hydrogen-bond acceptors (Lipinski definition) is 6. The molecule has 0 amide bonds. The van der Waals surface area contributed by atoms with Crippen LogP contribution in [0, 0.1) is 11.8 Å². The van der Waals surface area contributed by atoms with E-state index in [1.165, 1.54) is 25.3 Å². The van der Waals surface area contributed by atoms with Crippen molar-refractivity contribution in [2.75, 3.05) is 20.1 Å². The third-order valence-corrected chi connectivity index (χ3v) is 11.8. The van der Waals surface area contributed by atoms with Crippen LogP contribution in [0.5, 0.6) is 11.5 Å². The first-order valence-corrected chi connectivity index (χ1v) is 15.6. The van der Waals surface area contributed by atoms with E-state index < -0.39 is 10.0 Å². The van der Waals surface area contributed by atoms with E-state index in [4.69, 9.17) is 9.47 Å². The zero-order valence-electron chi connectivity index (χ0n) is 22.1. The van der Waals surface area contributed by atoms with Crippen LogP contribution < -0.4 is 9.47 Å². The molecule has 7 nitrogen and oxygen atoms in total. The second-order valence-electron chi connectivity index (χ2n) is 12.1. The maximum absolute atomic E-state index is 13.7. The number of carbonyl (C=O) groups is 1. The Balaban J connectivity index is 1.28. The highest BCUT2D eigenvalue weighted by Crippen LogP contribution is 2.64. The van der Waals surface area contributed by atoms with Gasteiger partial charge in [-0.15, -0.1) is 0 Å². The molecule has 38 heavy (non-hydrogen) atoms. The zero-order valence-corrected chi connectivity index (χ0v) is 23.0. The summed E-state index contributed by atoms with van der Waals surface area (Å²) in [5, 5.41) is 0. The van der Waals surface area contributed by atoms with Gasteiger partial charge in [0.05, 0.1) is 11.8 Å². The van der Waals surface area contributed by atoms with E-state index in [2.05, 4.69) is 4.90 Å². The van der Waals surface area contributed by atoms with Crippen molar-refractivity contribution in [3.63, 3.8) is 0 Å². The number of sulfonamides is 1. The Morgan fingerprint density at radius 3 is 2.66 bits per heavy atom. The van der Waals surface area contributed by atoms with Crippen LogP contribution in [0.25, 0.3) is 0 Å². The van der Waals surface area contributed by atoms with Crippen molar-refractivity contribution >= 4 is 16.0 Å². The van der Waals surface area contributed by atoms with Crippen LogP contribution >= 0.6 is 0 Å². The standard InChI is InChI=1S/C30H36N2O5S/c1-19(33)36-26-12-13-27-28-22(26)16-25-23-10-11-24(31(2)38(34,35)18-21-6-4-3-5-7-21)29(37-27)30(23,28)14-15-32(25)17-20-8-9-20/h3-7,12-13,20,23-25,29H,8-11,14-18H2,1-2H3/t23-,24+,25+,29-,30-/m0/s1. The van der Waals surface area contributed by atoms with Crippen LogP contribution in [0.4, 0.5) is 0 Å². The molecule has 0 radical (unpaired) electrons. The zero-order chi connectivity index (χ0) is 26.2. The van der Waals surface area contributed by atoms with Gasteiger partial charge in [0.25, 0.3) is 0 Å². The van der Waals surface area contributed by atoms with Crippen molar-refractivity contribution in [1.29, 1.82) is 0 Å². The van der Waals surface area contributed by atoms with Crippen LogP contribution in [0.1, 0.15) is 55.7 Å². The Morgan fingerprint density at radius 1 is 1.13 bits per heavy atom. The highest BCUT2D eigenvalue weighted by atomic mass is 32.2. The van der Waals surface area contributed by atoms with E-state index in [1.54, 1.807) is 11.4 Å². The molecular weight excluding hydrogens is 500 g/mol. The number of carbonyl (C=O) groups excluding carboxylic acids is 1. The fourth-order valence-corrected chi connectivity index (χ4v) is 9.62. The Labute approximate surface area is 225 Å². The number of ether oxygens (including phenoxy) is 2. The molecule has 2 heterocycles. The Kier molecular flexibility index (Phi) is 5.70. The highest BCUT2D eigenvalue weighted by molar-refractivity contribution is 7.88. The molecule has 2 aliphatic heterocycles. The SMILES string of the molecule is CC(=O)Oc1ccc2c3c1C[C@@H]1[C@@H]4CC[C@@H](N(C)S(=O)(=O)Cc5ccccc5)[C@H](O2)[C@]34CCN1CC1CC1. The van der Waals surface area contributed by atoms with Crippen LogP contribution in [0.2, 0.25) is 0 Å². The van der Waals surface area contributed by atoms with Crippen molar-refractivity contribution in [2.45, 2.75) is 74.8 Å². The molecular formula is C30H36N2O5S. The molecule has 5 aliphatic rings. The Hall–Kier alpha value is -2.42. The number of likely N-dealkylation sites (tertiary alicyclic amines) is 1. The summed E-state index contributed by atoms with van der Waals surface area (Å²) >= 11 is 0. The van der Waals surface area contributed by atoms with Crippen molar-refractivity contribution in [2.24, 2.45) is 11.8 Å². The second-order valence-corrected chi connectivity index (χ2v) is 14.1. The van der Waals surface area contributed by atoms with Gasteiger partial charge < -0.3 is 9.47 Å². The fraction of sp³-hybridized carbons (Fsp3) is 0.567. The van der Waals surface area contributed by atoms with Gasteiger partial charge in [-0.1, -0.05) is 30.3 Å². The number of hydrogen-bond donors (Lipinski definition) is 0. The summed E-state index contributed by atoms with van der Waals surface area (Å²) in [7, 11) is -1.81. The summed E-state index contributed by atoms with van der Waals surface area (Å²) < 4.78 is 41.4. The first kappa shape index (κ1) is 24.6. The largest absolute Gasteiger partial charge is 0.487 e. The molecule has 8 heteroatoms. The highest BCUT2D eigenvalue weighted by Gasteiger charge is 2.66. The van der Waals surface area contributed by atoms with E-state index in [1.807, 2.05) is 42.5 Å². The normalized spacial score (nSPS) is 31.6. The fourth-order valence-electron chi connectivity index (χ4n) is 8.17. The first-order valence-electron chi connectivity index (χ1n) is 14.0. The van der Waals surface area contributed by atoms with E-state index in [9.17, 15) is 13.2 Å². The summed E-state index contributed by atoms with van der Waals surface area (Å²) in [4.78, 5) is 14.7. The van der Waals surface area contributed by atoms with E-state index in [-0.39, 0.29) is 29.3 Å². The van der Waals surface area contributed by atoms with Crippen LogP contribution in [0.15, 0.2) is 42.5 Å². The predicted octanol–water partition coefficient (Wildman–Crippen LogP) is 3.89. The van der Waals surface area contributed by atoms with Crippen LogP contribution in [0.3, 0.4) is 0 Å². The van der Waals surface area contributed by atoms with Gasteiger partial charge in [-0.25, -0.2) is 8.42 Å². The van der Waals surface area contributed by atoms with Gasteiger partial charge in [-0.05, 0) is 74.6 Å². The summed E-state index contributed by atoms with van der Waals surface area (Å²) in [5.74, 6) is 2.36. The number of nitrogens with zero attached hydrogens (tertiary/aromatic N) is 2. The Bertz CT molecular complexity index is 1370. The lowest BCUT2D eigenvalue weighted by Crippen LogP contribution is -2.69. The van der Waals surface area contributed by atoms with Crippen LogP contribution in [-0.2, 0) is 32.4 Å². The van der Waals surface area contributed by atoms with Gasteiger partial charge in [-0.2, -0.15) is 4.31 Å². The molecule has 2 aromatic carbocycles. The average Bonchev–Trinajstić information content (AvgIpc) is 3.64. The lowest BCUT2D eigenvalue weighted by Gasteiger charge is -2.60. The third-order valence-electron chi connectivity index (χ3n) is 9.94. The molecule has 0 aromatic heterocycles. The molecule has 2 saturated carbocycles. The smallest absolute Gasteiger partial charge is 0.308 e. The van der Waals surface area contributed by atoms with Crippen molar-refractivity contribution in [3.05, 3.63) is 59.2 Å². The van der Waals surface area contributed by atoms with E-state index in [0.717, 1.165) is 61.6 Å². The molecule has 202 valence electrons. The topological polar surface area (TPSA) is 76.1 Å². The molecule has 1 saturated heterocycles. The Morgan fingerprint density at radius 2 is 1.92 bits per heavy atom. The minimum atomic E-state index is -3.55.